The molecule has 1 saturated heterocycles. The van der Waals surface area contributed by atoms with Gasteiger partial charge in [-0.25, -0.2) is 12.8 Å². The van der Waals surface area contributed by atoms with E-state index in [2.05, 4.69) is 5.32 Å². The van der Waals surface area contributed by atoms with Gasteiger partial charge in [-0.3, -0.25) is 4.79 Å². The highest BCUT2D eigenvalue weighted by atomic mass is 35.5. The van der Waals surface area contributed by atoms with Gasteiger partial charge >= 0.3 is 0 Å². The molecule has 3 rings (SSSR count). The second-order valence-corrected chi connectivity index (χ2v) is 8.27. The van der Waals surface area contributed by atoms with E-state index in [1.54, 1.807) is 6.07 Å². The van der Waals surface area contributed by atoms with Crippen molar-refractivity contribution in [3.8, 4) is 5.75 Å². The number of sulfonamides is 1. The van der Waals surface area contributed by atoms with Gasteiger partial charge in [0, 0.05) is 13.1 Å². The van der Waals surface area contributed by atoms with E-state index in [0.717, 1.165) is 0 Å². The number of anilines is 1. The SMILES string of the molecule is O=C(COc1ccccc1F)Nc1cc(S(=O)(=O)N2CCOCC2)ccc1Cl. The molecule has 0 spiro atoms. The number of hydrogen-bond acceptors (Lipinski definition) is 5. The summed E-state index contributed by atoms with van der Waals surface area (Å²) in [5.74, 6) is -1.26. The van der Waals surface area contributed by atoms with Crippen LogP contribution in [-0.2, 0) is 19.6 Å². The number of morpholine rings is 1. The maximum absolute atomic E-state index is 13.5. The third-order valence-electron chi connectivity index (χ3n) is 4.02. The summed E-state index contributed by atoms with van der Waals surface area (Å²) < 4.78 is 50.6. The first-order valence-electron chi connectivity index (χ1n) is 8.42. The van der Waals surface area contributed by atoms with Gasteiger partial charge in [0.25, 0.3) is 5.91 Å². The Kier molecular flexibility index (Phi) is 6.50. The number of rotatable bonds is 6. The number of halogens is 2. The van der Waals surface area contributed by atoms with Crippen LogP contribution in [0.25, 0.3) is 0 Å². The lowest BCUT2D eigenvalue weighted by Crippen LogP contribution is -2.40. The minimum atomic E-state index is -3.74. The summed E-state index contributed by atoms with van der Waals surface area (Å²) in [6, 6.07) is 9.74. The highest BCUT2D eigenvalue weighted by Crippen LogP contribution is 2.27. The molecule has 2 aromatic carbocycles. The van der Waals surface area contributed by atoms with Crippen molar-refractivity contribution in [1.82, 2.24) is 4.31 Å². The number of amides is 1. The van der Waals surface area contributed by atoms with Gasteiger partial charge < -0.3 is 14.8 Å². The summed E-state index contributed by atoms with van der Waals surface area (Å²) in [7, 11) is -3.74. The number of nitrogens with zero attached hydrogens (tertiary/aromatic N) is 1. The zero-order valence-electron chi connectivity index (χ0n) is 14.7. The lowest BCUT2D eigenvalue weighted by atomic mass is 10.3. The predicted octanol–water partition coefficient (Wildman–Crippen LogP) is 2.52. The van der Waals surface area contributed by atoms with Crippen molar-refractivity contribution in [3.05, 3.63) is 53.3 Å². The van der Waals surface area contributed by atoms with Crippen LogP contribution in [0.1, 0.15) is 0 Å². The molecule has 1 fully saturated rings. The monoisotopic (exact) mass is 428 g/mol. The molecule has 10 heteroatoms. The van der Waals surface area contributed by atoms with Gasteiger partial charge in [0.15, 0.2) is 18.2 Å². The lowest BCUT2D eigenvalue weighted by Gasteiger charge is -2.26. The van der Waals surface area contributed by atoms with Gasteiger partial charge in [-0.1, -0.05) is 23.7 Å². The molecule has 7 nitrogen and oxygen atoms in total. The fraction of sp³-hybridized carbons (Fsp3) is 0.278. The summed E-state index contributed by atoms with van der Waals surface area (Å²) in [5.41, 5.74) is 0.123. The minimum absolute atomic E-state index is 0.00382. The number of hydrogen-bond donors (Lipinski definition) is 1. The molecule has 1 N–H and O–H groups in total. The Balaban J connectivity index is 1.71. The Labute approximate surface area is 167 Å². The van der Waals surface area contributed by atoms with Crippen molar-refractivity contribution < 1.29 is 27.1 Å². The first kappa shape index (κ1) is 20.5. The predicted molar refractivity (Wildman–Crippen MR) is 102 cm³/mol. The first-order chi connectivity index (χ1) is 13.4. The van der Waals surface area contributed by atoms with Crippen molar-refractivity contribution in [2.45, 2.75) is 4.90 Å². The number of benzene rings is 2. The molecule has 1 aliphatic heterocycles. The topological polar surface area (TPSA) is 84.9 Å². The van der Waals surface area contributed by atoms with Crippen molar-refractivity contribution in [2.75, 3.05) is 38.2 Å². The molecule has 1 aliphatic rings. The molecule has 0 saturated carbocycles. The van der Waals surface area contributed by atoms with Crippen LogP contribution in [0, 0.1) is 5.82 Å². The third kappa shape index (κ3) is 4.79. The molecule has 0 atom stereocenters. The fourth-order valence-electron chi connectivity index (χ4n) is 2.59. The Morgan fingerprint density at radius 3 is 2.64 bits per heavy atom. The highest BCUT2D eigenvalue weighted by molar-refractivity contribution is 7.89. The Hall–Kier alpha value is -2.20. The number of carbonyl (C=O) groups is 1. The molecule has 0 unspecified atom stereocenters. The number of para-hydroxylation sites is 1. The van der Waals surface area contributed by atoms with E-state index in [-0.39, 0.29) is 34.4 Å². The van der Waals surface area contributed by atoms with E-state index in [1.807, 2.05) is 0 Å². The van der Waals surface area contributed by atoms with Crippen LogP contribution in [0.2, 0.25) is 5.02 Å². The average molecular weight is 429 g/mol. The van der Waals surface area contributed by atoms with Crippen LogP contribution in [0.5, 0.6) is 5.75 Å². The molecule has 28 heavy (non-hydrogen) atoms. The van der Waals surface area contributed by atoms with Crippen molar-refractivity contribution in [2.24, 2.45) is 0 Å². The third-order valence-corrected chi connectivity index (χ3v) is 6.24. The van der Waals surface area contributed by atoms with Gasteiger partial charge in [-0.15, -0.1) is 0 Å². The van der Waals surface area contributed by atoms with Crippen molar-refractivity contribution in [3.63, 3.8) is 0 Å². The molecule has 0 aromatic heterocycles. The molecule has 0 radical (unpaired) electrons. The maximum atomic E-state index is 13.5. The van der Waals surface area contributed by atoms with Gasteiger partial charge in [-0.05, 0) is 30.3 Å². The highest BCUT2D eigenvalue weighted by Gasteiger charge is 2.27. The standard InChI is InChI=1S/C18H18ClFN2O5S/c19-14-6-5-13(28(24,25)22-7-9-26-10-8-22)11-16(14)21-18(23)12-27-17-4-2-1-3-15(17)20/h1-6,11H,7-10,12H2,(H,21,23). The fourth-order valence-corrected chi connectivity index (χ4v) is 4.19. The van der Waals surface area contributed by atoms with Crippen LogP contribution in [0.15, 0.2) is 47.4 Å². The smallest absolute Gasteiger partial charge is 0.262 e. The van der Waals surface area contributed by atoms with E-state index in [9.17, 15) is 17.6 Å². The summed E-state index contributed by atoms with van der Waals surface area (Å²) in [6.07, 6.45) is 0. The summed E-state index contributed by atoms with van der Waals surface area (Å²) in [4.78, 5) is 12.1. The second-order valence-electron chi connectivity index (χ2n) is 5.93. The van der Waals surface area contributed by atoms with Crippen LogP contribution < -0.4 is 10.1 Å². The summed E-state index contributed by atoms with van der Waals surface area (Å²) >= 11 is 6.07. The minimum Gasteiger partial charge on any atom is -0.481 e. The second kappa shape index (κ2) is 8.87. The largest absolute Gasteiger partial charge is 0.481 e. The van der Waals surface area contributed by atoms with Crippen LogP contribution in [-0.4, -0.2) is 51.5 Å². The Bertz CT molecular complexity index is 964. The molecular weight excluding hydrogens is 411 g/mol. The van der Waals surface area contributed by atoms with Gasteiger partial charge in [0.05, 0.1) is 28.8 Å². The Morgan fingerprint density at radius 1 is 1.21 bits per heavy atom. The Morgan fingerprint density at radius 2 is 1.93 bits per heavy atom. The van der Waals surface area contributed by atoms with Crippen LogP contribution in [0.3, 0.4) is 0 Å². The number of ether oxygens (including phenoxy) is 2. The van der Waals surface area contributed by atoms with E-state index >= 15 is 0 Å². The van der Waals surface area contributed by atoms with Gasteiger partial charge in [-0.2, -0.15) is 4.31 Å². The van der Waals surface area contributed by atoms with Crippen LogP contribution in [0.4, 0.5) is 10.1 Å². The molecule has 1 amide bonds. The quantitative estimate of drug-likeness (QED) is 0.764. The molecule has 1 heterocycles. The van der Waals surface area contributed by atoms with E-state index < -0.39 is 28.4 Å². The molecule has 150 valence electrons. The van der Waals surface area contributed by atoms with Crippen molar-refractivity contribution >= 4 is 33.2 Å². The normalized spacial score (nSPS) is 15.2. The maximum Gasteiger partial charge on any atom is 0.262 e. The van der Waals surface area contributed by atoms with Gasteiger partial charge in [0.2, 0.25) is 10.0 Å². The zero-order valence-corrected chi connectivity index (χ0v) is 16.3. The summed E-state index contributed by atoms with van der Waals surface area (Å²) in [5, 5.41) is 2.66. The number of nitrogens with one attached hydrogen (secondary N) is 1. The molecule has 0 bridgehead atoms. The zero-order chi connectivity index (χ0) is 20.1. The van der Waals surface area contributed by atoms with E-state index in [4.69, 9.17) is 21.1 Å². The average Bonchev–Trinajstić information content (AvgIpc) is 2.69. The van der Waals surface area contributed by atoms with Crippen LogP contribution >= 0.6 is 11.6 Å². The molecule has 0 aliphatic carbocycles. The van der Waals surface area contributed by atoms with Gasteiger partial charge in [0.1, 0.15) is 0 Å². The first-order valence-corrected chi connectivity index (χ1v) is 10.2. The summed E-state index contributed by atoms with van der Waals surface area (Å²) in [6.45, 7) is 0.692. The molecule has 2 aromatic rings. The van der Waals surface area contributed by atoms with Crippen molar-refractivity contribution in [1.29, 1.82) is 0 Å². The molecular formula is C18H18ClFN2O5S. The van der Waals surface area contributed by atoms with E-state index in [0.29, 0.717) is 13.2 Å². The number of carbonyl (C=O) groups excluding carboxylic acids is 1. The van der Waals surface area contributed by atoms with E-state index in [1.165, 1.54) is 40.7 Å². The lowest BCUT2D eigenvalue weighted by molar-refractivity contribution is -0.118.